The van der Waals surface area contributed by atoms with Crippen molar-refractivity contribution < 1.29 is 24.0 Å². The van der Waals surface area contributed by atoms with E-state index in [9.17, 15) is 19.7 Å². The minimum atomic E-state index is -0.649. The molecule has 0 fully saturated rings. The zero-order valence-electron chi connectivity index (χ0n) is 20.2. The lowest BCUT2D eigenvalue weighted by Gasteiger charge is -2.07. The van der Waals surface area contributed by atoms with Crippen LogP contribution in [0.25, 0.3) is 0 Å². The van der Waals surface area contributed by atoms with Crippen molar-refractivity contribution in [3.8, 4) is 11.5 Å². The molecule has 0 aliphatic rings. The monoisotopic (exact) mass is 507 g/mol. The van der Waals surface area contributed by atoms with E-state index in [1.807, 2.05) is 12.1 Å². The Kier molecular flexibility index (Phi) is 10.5. The highest BCUT2D eigenvalue weighted by molar-refractivity contribution is 7.99. The molecule has 7 nitrogen and oxygen atoms in total. The molecule has 0 aromatic heterocycles. The molecule has 0 N–H and O–H groups in total. The number of nitro groups is 1. The predicted octanol–water partition coefficient (Wildman–Crippen LogP) is 7.49. The van der Waals surface area contributed by atoms with Gasteiger partial charge in [-0.05, 0) is 72.8 Å². The van der Waals surface area contributed by atoms with Crippen LogP contribution >= 0.6 is 11.8 Å². The summed E-state index contributed by atoms with van der Waals surface area (Å²) in [6.07, 6.45) is 7.63. The molecule has 0 amide bonds. The first-order valence-corrected chi connectivity index (χ1v) is 13.0. The topological polar surface area (TPSA) is 95.7 Å². The van der Waals surface area contributed by atoms with Crippen LogP contribution in [0.3, 0.4) is 0 Å². The van der Waals surface area contributed by atoms with Gasteiger partial charge in [-0.3, -0.25) is 10.1 Å². The number of non-ortho nitro benzene ring substituents is 1. The summed E-state index contributed by atoms with van der Waals surface area (Å²) in [7, 11) is 0. The Morgan fingerprint density at radius 2 is 1.19 bits per heavy atom. The molecule has 0 heterocycles. The molecule has 3 aromatic rings. The van der Waals surface area contributed by atoms with E-state index >= 15 is 0 Å². The summed E-state index contributed by atoms with van der Waals surface area (Å²) >= 11 is 1.79. The maximum atomic E-state index is 12.5. The van der Waals surface area contributed by atoms with Gasteiger partial charge in [-0.15, -0.1) is 11.8 Å². The third-order valence-electron chi connectivity index (χ3n) is 5.42. The molecule has 188 valence electrons. The van der Waals surface area contributed by atoms with Crippen molar-refractivity contribution in [1.29, 1.82) is 0 Å². The summed E-state index contributed by atoms with van der Waals surface area (Å²) in [6.45, 7) is 2.22. The van der Waals surface area contributed by atoms with Crippen molar-refractivity contribution in [2.45, 2.75) is 50.3 Å². The highest BCUT2D eigenvalue weighted by atomic mass is 32.2. The number of ether oxygens (including phenoxy) is 2. The van der Waals surface area contributed by atoms with Crippen molar-refractivity contribution >= 4 is 29.4 Å². The Labute approximate surface area is 215 Å². The van der Waals surface area contributed by atoms with Crippen molar-refractivity contribution in [3.05, 3.63) is 94.0 Å². The number of hydrogen-bond donors (Lipinski definition) is 0. The summed E-state index contributed by atoms with van der Waals surface area (Å²) in [6, 6.07) is 18.6. The molecule has 0 spiro atoms. The van der Waals surface area contributed by atoms with E-state index in [2.05, 4.69) is 6.92 Å². The number of rotatable bonds is 13. The van der Waals surface area contributed by atoms with Crippen LogP contribution in [0.5, 0.6) is 11.5 Å². The van der Waals surface area contributed by atoms with Crippen LogP contribution in [-0.2, 0) is 0 Å². The Hall–Kier alpha value is -3.65. The van der Waals surface area contributed by atoms with Gasteiger partial charge in [-0.2, -0.15) is 0 Å². The first-order valence-electron chi connectivity index (χ1n) is 12.0. The fourth-order valence-electron chi connectivity index (χ4n) is 3.39. The average Bonchev–Trinajstić information content (AvgIpc) is 2.89. The lowest BCUT2D eigenvalue weighted by Crippen LogP contribution is -2.09. The van der Waals surface area contributed by atoms with Crippen LogP contribution in [0, 0.1) is 10.1 Å². The number of hydrogen-bond acceptors (Lipinski definition) is 7. The summed E-state index contributed by atoms with van der Waals surface area (Å²) in [5.41, 5.74) is 0.525. The number of nitrogens with zero attached hydrogens (tertiary/aromatic N) is 1. The van der Waals surface area contributed by atoms with Gasteiger partial charge in [0, 0.05) is 17.0 Å². The molecular weight excluding hydrogens is 478 g/mol. The molecule has 0 saturated heterocycles. The number of thioether (sulfide) groups is 1. The Balaban J connectivity index is 1.45. The molecule has 0 aliphatic carbocycles. The Morgan fingerprint density at radius 1 is 0.722 bits per heavy atom. The second kappa shape index (κ2) is 14.0. The Morgan fingerprint density at radius 3 is 1.69 bits per heavy atom. The van der Waals surface area contributed by atoms with Gasteiger partial charge < -0.3 is 9.47 Å². The van der Waals surface area contributed by atoms with E-state index < -0.39 is 16.9 Å². The standard InChI is InChI=1S/C28H29NO6S/c1-2-3-4-5-6-7-20-36-26-18-10-22(11-19-26)28(31)35-25-16-14-24(15-17-25)34-27(30)21-8-12-23(13-9-21)29(32)33/h8-19H,2-7,20H2,1H3. The predicted molar refractivity (Wildman–Crippen MR) is 140 cm³/mol. The highest BCUT2D eigenvalue weighted by Crippen LogP contribution is 2.23. The van der Waals surface area contributed by atoms with E-state index in [0.717, 1.165) is 10.6 Å². The summed E-state index contributed by atoms with van der Waals surface area (Å²) in [5, 5.41) is 10.7. The van der Waals surface area contributed by atoms with Crippen molar-refractivity contribution in [1.82, 2.24) is 0 Å². The van der Waals surface area contributed by atoms with Crippen molar-refractivity contribution in [3.63, 3.8) is 0 Å². The largest absolute Gasteiger partial charge is 0.423 e. The third-order valence-corrected chi connectivity index (χ3v) is 6.51. The number of nitro benzene ring substituents is 1. The molecule has 3 rings (SSSR count). The van der Waals surface area contributed by atoms with E-state index in [-0.39, 0.29) is 17.0 Å². The maximum absolute atomic E-state index is 12.5. The van der Waals surface area contributed by atoms with Crippen LogP contribution in [0.1, 0.15) is 66.2 Å². The van der Waals surface area contributed by atoms with Gasteiger partial charge in [-0.1, -0.05) is 39.0 Å². The van der Waals surface area contributed by atoms with Crippen molar-refractivity contribution in [2.24, 2.45) is 0 Å². The van der Waals surface area contributed by atoms with Crippen LogP contribution in [-0.4, -0.2) is 22.6 Å². The van der Waals surface area contributed by atoms with Gasteiger partial charge >= 0.3 is 11.9 Å². The van der Waals surface area contributed by atoms with E-state index in [1.54, 1.807) is 23.9 Å². The van der Waals surface area contributed by atoms with E-state index in [4.69, 9.17) is 9.47 Å². The summed E-state index contributed by atoms with van der Waals surface area (Å²) < 4.78 is 10.7. The molecule has 0 atom stereocenters. The number of unbranched alkanes of at least 4 members (excludes halogenated alkanes) is 5. The van der Waals surface area contributed by atoms with Crippen LogP contribution in [0.15, 0.2) is 77.7 Å². The highest BCUT2D eigenvalue weighted by Gasteiger charge is 2.13. The maximum Gasteiger partial charge on any atom is 0.343 e. The van der Waals surface area contributed by atoms with Crippen molar-refractivity contribution in [2.75, 3.05) is 5.75 Å². The van der Waals surface area contributed by atoms with Crippen LogP contribution < -0.4 is 9.47 Å². The lowest BCUT2D eigenvalue weighted by molar-refractivity contribution is -0.384. The molecule has 0 unspecified atom stereocenters. The molecule has 8 heteroatoms. The van der Waals surface area contributed by atoms with Gasteiger partial charge in [0.25, 0.3) is 5.69 Å². The van der Waals surface area contributed by atoms with Gasteiger partial charge in [0.1, 0.15) is 11.5 Å². The molecular formula is C28H29NO6S. The molecule has 0 saturated carbocycles. The molecule has 3 aromatic carbocycles. The van der Waals surface area contributed by atoms with Gasteiger partial charge in [0.2, 0.25) is 0 Å². The van der Waals surface area contributed by atoms with Gasteiger partial charge in [-0.25, -0.2) is 9.59 Å². The molecule has 36 heavy (non-hydrogen) atoms. The Bertz CT molecular complexity index is 1140. The molecule has 0 radical (unpaired) electrons. The smallest absolute Gasteiger partial charge is 0.343 e. The first kappa shape index (κ1) is 26.9. The minimum absolute atomic E-state index is 0.112. The molecule has 0 aliphatic heterocycles. The molecule has 0 bridgehead atoms. The van der Waals surface area contributed by atoms with Crippen LogP contribution in [0.2, 0.25) is 0 Å². The fraction of sp³-hybridized carbons (Fsp3) is 0.286. The average molecular weight is 508 g/mol. The zero-order chi connectivity index (χ0) is 25.8. The fourth-order valence-corrected chi connectivity index (χ4v) is 4.30. The number of benzene rings is 3. The van der Waals surface area contributed by atoms with E-state index in [0.29, 0.717) is 11.3 Å². The zero-order valence-corrected chi connectivity index (χ0v) is 21.0. The lowest BCUT2D eigenvalue weighted by atomic mass is 10.1. The number of esters is 2. The summed E-state index contributed by atoms with van der Waals surface area (Å²) in [5.74, 6) is 0.514. The normalized spacial score (nSPS) is 10.6. The van der Waals surface area contributed by atoms with Crippen LogP contribution in [0.4, 0.5) is 5.69 Å². The number of carbonyl (C=O) groups excluding carboxylic acids is 2. The SMILES string of the molecule is CCCCCCCCSc1ccc(C(=O)Oc2ccc(OC(=O)c3ccc([N+](=O)[O-])cc3)cc2)cc1. The van der Waals surface area contributed by atoms with E-state index in [1.165, 1.54) is 87.1 Å². The minimum Gasteiger partial charge on any atom is -0.423 e. The second-order valence-electron chi connectivity index (χ2n) is 8.20. The quantitative estimate of drug-likeness (QED) is 0.0590. The second-order valence-corrected chi connectivity index (χ2v) is 9.36. The third kappa shape index (κ3) is 8.53. The number of carbonyl (C=O) groups is 2. The summed E-state index contributed by atoms with van der Waals surface area (Å²) in [4.78, 5) is 36.0. The van der Waals surface area contributed by atoms with Gasteiger partial charge in [0.05, 0.1) is 16.1 Å². The van der Waals surface area contributed by atoms with Gasteiger partial charge in [0.15, 0.2) is 0 Å². The first-order chi connectivity index (χ1) is 17.5.